The number of esters is 1. The number of carbonyl (C=O) groups is 2. The molecule has 1 fully saturated rings. The topological polar surface area (TPSA) is 87.7 Å². The number of carbonyl (C=O) groups excluding carboxylic acids is 2. The lowest BCUT2D eigenvalue weighted by atomic mass is 10.2. The second kappa shape index (κ2) is 10.2. The number of hydrogen-bond donors (Lipinski definition) is 1. The summed E-state index contributed by atoms with van der Waals surface area (Å²) in [5.41, 5.74) is 2.02. The quantitative estimate of drug-likeness (QED) is 0.698. The smallest absolute Gasteiger partial charge is 0.339 e. The number of hydrogen-bond acceptors (Lipinski definition) is 7. The number of amides is 1. The number of nitrogens with one attached hydrogen (secondary N) is 1. The highest BCUT2D eigenvalue weighted by Crippen LogP contribution is 2.14. The molecule has 1 aliphatic rings. The van der Waals surface area contributed by atoms with Crippen molar-refractivity contribution in [3.05, 3.63) is 53.0 Å². The van der Waals surface area contributed by atoms with Gasteiger partial charge in [0.1, 0.15) is 11.5 Å². The molecule has 1 N–H and O–H groups in total. The van der Waals surface area contributed by atoms with Crippen LogP contribution in [0.5, 0.6) is 0 Å². The summed E-state index contributed by atoms with van der Waals surface area (Å²) in [6.07, 6.45) is 1.80. The summed E-state index contributed by atoms with van der Waals surface area (Å²) in [5, 5.41) is 2.85. The Morgan fingerprint density at radius 2 is 1.87 bits per heavy atom. The first-order valence-electron chi connectivity index (χ1n) is 10.4. The summed E-state index contributed by atoms with van der Waals surface area (Å²) in [6.45, 7) is 11.4. The number of likely N-dealkylation sites (N-methyl/N-ethyl adjacent to an activating group) is 1. The Labute approximate surface area is 177 Å². The lowest BCUT2D eigenvalue weighted by Crippen LogP contribution is -2.46. The van der Waals surface area contributed by atoms with Crippen molar-refractivity contribution in [3.8, 4) is 0 Å². The van der Waals surface area contributed by atoms with Crippen molar-refractivity contribution in [2.24, 2.45) is 0 Å². The number of rotatable bonds is 7. The molecule has 3 heterocycles. The molecule has 160 valence electrons. The molecule has 0 radical (unpaired) electrons. The maximum absolute atomic E-state index is 12.4. The molecule has 0 spiro atoms. The summed E-state index contributed by atoms with van der Waals surface area (Å²) in [5.74, 6) is 0.234. The predicted molar refractivity (Wildman–Crippen MR) is 115 cm³/mol. The molecule has 1 saturated heterocycles. The molecular weight excluding hydrogens is 382 g/mol. The highest BCUT2D eigenvalue weighted by Gasteiger charge is 2.17. The summed E-state index contributed by atoms with van der Waals surface area (Å²) in [4.78, 5) is 37.8. The first-order chi connectivity index (χ1) is 14.5. The van der Waals surface area contributed by atoms with E-state index in [2.05, 4.69) is 32.0 Å². The maximum atomic E-state index is 12.4. The van der Waals surface area contributed by atoms with Crippen molar-refractivity contribution in [3.63, 3.8) is 0 Å². The third-order valence-electron chi connectivity index (χ3n) is 5.22. The predicted octanol–water partition coefficient (Wildman–Crippen LogP) is 2.03. The van der Waals surface area contributed by atoms with E-state index in [9.17, 15) is 9.59 Å². The Hall–Kier alpha value is -3.00. The first-order valence-corrected chi connectivity index (χ1v) is 10.4. The largest absolute Gasteiger partial charge is 0.462 e. The molecule has 0 unspecified atom stereocenters. The van der Waals surface area contributed by atoms with Gasteiger partial charge in [-0.25, -0.2) is 14.8 Å². The maximum Gasteiger partial charge on any atom is 0.339 e. The number of anilines is 1. The SMILES string of the molecule is CCOC(=O)c1ccc(C(=O)NCc2ccc(N3CCN(CC)CC3)nc2)nc1C. The molecule has 8 nitrogen and oxygen atoms in total. The lowest BCUT2D eigenvalue weighted by Gasteiger charge is -2.34. The third kappa shape index (κ3) is 5.33. The van der Waals surface area contributed by atoms with E-state index in [-0.39, 0.29) is 11.6 Å². The number of pyridine rings is 2. The standard InChI is InChI=1S/C22H29N5O3/c1-4-26-10-12-27(13-11-26)20-9-6-17(14-23-20)15-24-21(28)19-8-7-18(16(3)25-19)22(29)30-5-2/h6-9,14H,4-5,10-13,15H2,1-3H3,(H,24,28). The second-order valence-electron chi connectivity index (χ2n) is 7.18. The van der Waals surface area contributed by atoms with Gasteiger partial charge in [0.2, 0.25) is 0 Å². The van der Waals surface area contributed by atoms with Gasteiger partial charge in [0.05, 0.1) is 17.9 Å². The van der Waals surface area contributed by atoms with E-state index >= 15 is 0 Å². The van der Waals surface area contributed by atoms with Crippen molar-refractivity contribution in [1.29, 1.82) is 0 Å². The number of piperazine rings is 1. The normalized spacial score (nSPS) is 14.4. The molecule has 1 amide bonds. The van der Waals surface area contributed by atoms with Crippen LogP contribution in [0.15, 0.2) is 30.5 Å². The van der Waals surface area contributed by atoms with E-state index in [1.807, 2.05) is 12.1 Å². The number of aryl methyl sites for hydroxylation is 1. The average Bonchev–Trinajstić information content (AvgIpc) is 2.78. The van der Waals surface area contributed by atoms with Gasteiger partial charge in [-0.05, 0) is 44.2 Å². The zero-order chi connectivity index (χ0) is 21.5. The molecular formula is C22H29N5O3. The Bertz CT molecular complexity index is 877. The van der Waals surface area contributed by atoms with Crippen molar-refractivity contribution in [2.75, 3.05) is 44.2 Å². The van der Waals surface area contributed by atoms with Gasteiger partial charge in [-0.2, -0.15) is 0 Å². The summed E-state index contributed by atoms with van der Waals surface area (Å²) in [6, 6.07) is 7.09. The fourth-order valence-corrected chi connectivity index (χ4v) is 3.39. The fraction of sp³-hybridized carbons (Fsp3) is 0.455. The van der Waals surface area contributed by atoms with Gasteiger partial charge in [-0.3, -0.25) is 4.79 Å². The van der Waals surface area contributed by atoms with Crippen molar-refractivity contribution in [2.45, 2.75) is 27.3 Å². The number of nitrogens with zero attached hydrogens (tertiary/aromatic N) is 4. The molecule has 1 aliphatic heterocycles. The van der Waals surface area contributed by atoms with E-state index in [1.54, 1.807) is 26.1 Å². The van der Waals surface area contributed by atoms with Crippen LogP contribution in [-0.4, -0.2) is 66.1 Å². The van der Waals surface area contributed by atoms with Crippen LogP contribution in [0.3, 0.4) is 0 Å². The number of aromatic nitrogens is 2. The zero-order valence-electron chi connectivity index (χ0n) is 17.9. The van der Waals surface area contributed by atoms with Crippen LogP contribution < -0.4 is 10.2 Å². The van der Waals surface area contributed by atoms with E-state index in [0.717, 1.165) is 44.1 Å². The third-order valence-corrected chi connectivity index (χ3v) is 5.22. The minimum Gasteiger partial charge on any atom is -0.462 e. The molecule has 0 aliphatic carbocycles. The van der Waals surface area contributed by atoms with E-state index in [0.29, 0.717) is 24.4 Å². The Morgan fingerprint density at radius 3 is 2.47 bits per heavy atom. The second-order valence-corrected chi connectivity index (χ2v) is 7.18. The highest BCUT2D eigenvalue weighted by atomic mass is 16.5. The summed E-state index contributed by atoms with van der Waals surface area (Å²) >= 11 is 0. The van der Waals surface area contributed by atoms with Gasteiger partial charge in [0.25, 0.3) is 5.91 Å². The molecule has 0 atom stereocenters. The molecule has 0 saturated carbocycles. The van der Waals surface area contributed by atoms with Gasteiger partial charge >= 0.3 is 5.97 Å². The molecule has 8 heteroatoms. The van der Waals surface area contributed by atoms with Crippen LogP contribution in [0.1, 0.15) is 46.0 Å². The van der Waals surface area contributed by atoms with Crippen LogP contribution in [-0.2, 0) is 11.3 Å². The zero-order valence-corrected chi connectivity index (χ0v) is 17.9. The highest BCUT2D eigenvalue weighted by molar-refractivity contribution is 5.95. The van der Waals surface area contributed by atoms with E-state index < -0.39 is 5.97 Å². The van der Waals surface area contributed by atoms with Crippen LogP contribution in [0.4, 0.5) is 5.82 Å². The van der Waals surface area contributed by atoms with Gasteiger partial charge in [-0.15, -0.1) is 0 Å². The minimum atomic E-state index is -0.434. The molecule has 0 aromatic carbocycles. The molecule has 30 heavy (non-hydrogen) atoms. The number of ether oxygens (including phenoxy) is 1. The van der Waals surface area contributed by atoms with E-state index in [4.69, 9.17) is 4.74 Å². The van der Waals surface area contributed by atoms with Gasteiger partial charge < -0.3 is 19.9 Å². The molecule has 2 aromatic rings. The Kier molecular flexibility index (Phi) is 7.35. The van der Waals surface area contributed by atoms with E-state index in [1.165, 1.54) is 6.07 Å². The monoisotopic (exact) mass is 411 g/mol. The van der Waals surface area contributed by atoms with Gasteiger partial charge in [0.15, 0.2) is 0 Å². The molecule has 3 rings (SSSR count). The van der Waals surface area contributed by atoms with Gasteiger partial charge in [0, 0.05) is 38.9 Å². The minimum absolute atomic E-state index is 0.263. The van der Waals surface area contributed by atoms with Crippen molar-refractivity contribution >= 4 is 17.7 Å². The Morgan fingerprint density at radius 1 is 1.10 bits per heavy atom. The van der Waals surface area contributed by atoms with Gasteiger partial charge in [-0.1, -0.05) is 13.0 Å². The average molecular weight is 412 g/mol. The lowest BCUT2D eigenvalue weighted by molar-refractivity contribution is 0.0524. The fourth-order valence-electron chi connectivity index (χ4n) is 3.39. The Balaban J connectivity index is 1.54. The molecule has 0 bridgehead atoms. The van der Waals surface area contributed by atoms with Crippen LogP contribution >= 0.6 is 0 Å². The summed E-state index contributed by atoms with van der Waals surface area (Å²) < 4.78 is 4.99. The summed E-state index contributed by atoms with van der Waals surface area (Å²) in [7, 11) is 0. The first kappa shape index (κ1) is 21.7. The molecule has 2 aromatic heterocycles. The van der Waals surface area contributed by atoms with Crippen LogP contribution in [0.2, 0.25) is 0 Å². The van der Waals surface area contributed by atoms with Crippen molar-refractivity contribution in [1.82, 2.24) is 20.2 Å². The van der Waals surface area contributed by atoms with Crippen LogP contribution in [0, 0.1) is 6.92 Å². The van der Waals surface area contributed by atoms with Crippen molar-refractivity contribution < 1.29 is 14.3 Å². The van der Waals surface area contributed by atoms with Crippen LogP contribution in [0.25, 0.3) is 0 Å².